The minimum absolute atomic E-state index is 0.00587. The van der Waals surface area contributed by atoms with Gasteiger partial charge in [-0.3, -0.25) is 15.0 Å². The maximum Gasteiger partial charge on any atom is 0.414 e. The first-order valence-electron chi connectivity index (χ1n) is 5.28. The summed E-state index contributed by atoms with van der Waals surface area (Å²) in [4.78, 5) is 23.0. The van der Waals surface area contributed by atoms with E-state index in [1.54, 1.807) is 13.8 Å². The van der Waals surface area contributed by atoms with E-state index in [-0.39, 0.29) is 5.69 Å². The van der Waals surface area contributed by atoms with Crippen LogP contribution in [-0.4, -0.2) is 24.2 Å². The summed E-state index contributed by atoms with van der Waals surface area (Å²) in [5.41, 5.74) is 0.574. The average molecular weight is 238 g/mol. The molecule has 0 aliphatic rings. The second kappa shape index (κ2) is 5.83. The first kappa shape index (κ1) is 13.0. The molecule has 0 aromatic heterocycles. The number of nitro groups is 1. The number of anilines is 1. The molecule has 1 amide bonds. The van der Waals surface area contributed by atoms with Crippen molar-refractivity contribution in [2.75, 3.05) is 18.1 Å². The van der Waals surface area contributed by atoms with Crippen LogP contribution in [0.15, 0.2) is 24.3 Å². The Labute approximate surface area is 98.9 Å². The number of nitro benzene ring substituents is 1. The number of ether oxygens (including phenoxy) is 1. The fourth-order valence-electron chi connectivity index (χ4n) is 1.37. The molecule has 17 heavy (non-hydrogen) atoms. The summed E-state index contributed by atoms with van der Waals surface area (Å²) >= 11 is 0. The molecule has 0 saturated heterocycles. The predicted octanol–water partition coefficient (Wildman–Crippen LogP) is 2.58. The van der Waals surface area contributed by atoms with E-state index in [1.807, 2.05) is 0 Å². The first-order valence-corrected chi connectivity index (χ1v) is 5.28. The lowest BCUT2D eigenvalue weighted by molar-refractivity contribution is -0.384. The molecule has 0 heterocycles. The Morgan fingerprint density at radius 2 is 1.94 bits per heavy atom. The van der Waals surface area contributed by atoms with Crippen LogP contribution in [0.1, 0.15) is 13.8 Å². The number of carbonyl (C=O) groups is 1. The molecular formula is C11H14N2O4. The van der Waals surface area contributed by atoms with E-state index in [0.717, 1.165) is 0 Å². The van der Waals surface area contributed by atoms with Gasteiger partial charge in [-0.2, -0.15) is 0 Å². The predicted molar refractivity (Wildman–Crippen MR) is 63.1 cm³/mol. The molecule has 1 aromatic carbocycles. The minimum atomic E-state index is -0.482. The van der Waals surface area contributed by atoms with E-state index in [2.05, 4.69) is 0 Å². The molecule has 1 aromatic rings. The molecule has 0 fully saturated rings. The maximum absolute atomic E-state index is 11.6. The standard InChI is InChI=1S/C11H14N2O4/c1-3-12(11(14)17-4-2)9-5-7-10(8-6-9)13(15)16/h5-8H,3-4H2,1-2H3. The van der Waals surface area contributed by atoms with E-state index in [0.29, 0.717) is 18.8 Å². The van der Waals surface area contributed by atoms with E-state index < -0.39 is 11.0 Å². The highest BCUT2D eigenvalue weighted by Gasteiger charge is 2.15. The Morgan fingerprint density at radius 1 is 1.35 bits per heavy atom. The maximum atomic E-state index is 11.6. The fraction of sp³-hybridized carbons (Fsp3) is 0.364. The van der Waals surface area contributed by atoms with Crippen LogP contribution < -0.4 is 4.90 Å². The fourth-order valence-corrected chi connectivity index (χ4v) is 1.37. The quantitative estimate of drug-likeness (QED) is 0.597. The van der Waals surface area contributed by atoms with Gasteiger partial charge < -0.3 is 4.74 Å². The number of hydrogen-bond acceptors (Lipinski definition) is 4. The summed E-state index contributed by atoms with van der Waals surface area (Å²) in [6.07, 6.45) is -0.455. The Hall–Kier alpha value is -2.11. The molecule has 1 rings (SSSR count). The molecule has 0 bridgehead atoms. The number of rotatable bonds is 4. The number of benzene rings is 1. The van der Waals surface area contributed by atoms with Crippen molar-refractivity contribution in [1.29, 1.82) is 0 Å². The molecule has 92 valence electrons. The topological polar surface area (TPSA) is 72.7 Å². The zero-order valence-electron chi connectivity index (χ0n) is 9.75. The molecule has 0 spiro atoms. The van der Waals surface area contributed by atoms with Crippen LogP contribution in [0.25, 0.3) is 0 Å². The van der Waals surface area contributed by atoms with Crippen LogP contribution in [0.4, 0.5) is 16.2 Å². The average Bonchev–Trinajstić information content (AvgIpc) is 2.31. The highest BCUT2D eigenvalue weighted by molar-refractivity contribution is 5.87. The third kappa shape index (κ3) is 3.17. The molecule has 0 aliphatic carbocycles. The Morgan fingerprint density at radius 3 is 2.35 bits per heavy atom. The highest BCUT2D eigenvalue weighted by atomic mass is 16.6. The second-order valence-corrected chi connectivity index (χ2v) is 3.22. The Kier molecular flexibility index (Phi) is 4.45. The van der Waals surface area contributed by atoms with Crippen LogP contribution in [0.5, 0.6) is 0 Å². The van der Waals surface area contributed by atoms with Gasteiger partial charge in [0.2, 0.25) is 0 Å². The monoisotopic (exact) mass is 238 g/mol. The van der Waals surface area contributed by atoms with Crippen LogP contribution in [0.3, 0.4) is 0 Å². The van der Waals surface area contributed by atoms with E-state index >= 15 is 0 Å². The molecule has 0 aliphatic heterocycles. The lowest BCUT2D eigenvalue weighted by Crippen LogP contribution is -2.31. The summed E-state index contributed by atoms with van der Waals surface area (Å²) in [5, 5.41) is 10.5. The molecular weight excluding hydrogens is 224 g/mol. The van der Waals surface area contributed by atoms with Gasteiger partial charge in [0, 0.05) is 24.4 Å². The summed E-state index contributed by atoms with van der Waals surface area (Å²) in [6.45, 7) is 4.26. The molecule has 0 atom stereocenters. The SMILES string of the molecule is CCOC(=O)N(CC)c1ccc([N+](=O)[O-])cc1. The number of non-ortho nitro benzene ring substituents is 1. The lowest BCUT2D eigenvalue weighted by atomic mass is 10.2. The third-order valence-corrected chi connectivity index (χ3v) is 2.18. The van der Waals surface area contributed by atoms with Gasteiger partial charge in [-0.05, 0) is 26.0 Å². The second-order valence-electron chi connectivity index (χ2n) is 3.22. The molecule has 0 saturated carbocycles. The van der Waals surface area contributed by atoms with Gasteiger partial charge in [0.05, 0.1) is 11.5 Å². The van der Waals surface area contributed by atoms with E-state index in [9.17, 15) is 14.9 Å². The Bertz CT molecular complexity index is 402. The molecule has 0 N–H and O–H groups in total. The van der Waals surface area contributed by atoms with Gasteiger partial charge in [0.25, 0.3) is 5.69 Å². The van der Waals surface area contributed by atoms with Crippen LogP contribution >= 0.6 is 0 Å². The minimum Gasteiger partial charge on any atom is -0.449 e. The largest absolute Gasteiger partial charge is 0.449 e. The van der Waals surface area contributed by atoms with Gasteiger partial charge >= 0.3 is 6.09 Å². The van der Waals surface area contributed by atoms with Crippen molar-refractivity contribution in [1.82, 2.24) is 0 Å². The molecule has 0 unspecified atom stereocenters. The smallest absolute Gasteiger partial charge is 0.414 e. The summed E-state index contributed by atoms with van der Waals surface area (Å²) in [6, 6.07) is 5.77. The van der Waals surface area contributed by atoms with Crippen molar-refractivity contribution in [2.45, 2.75) is 13.8 Å². The van der Waals surface area contributed by atoms with E-state index in [1.165, 1.54) is 29.2 Å². The molecule has 0 radical (unpaired) electrons. The summed E-state index contributed by atoms with van der Waals surface area (Å²) in [5.74, 6) is 0. The van der Waals surface area contributed by atoms with Gasteiger partial charge in [-0.15, -0.1) is 0 Å². The number of nitrogens with zero attached hydrogens (tertiary/aromatic N) is 2. The van der Waals surface area contributed by atoms with Crippen molar-refractivity contribution >= 4 is 17.5 Å². The van der Waals surface area contributed by atoms with Crippen molar-refractivity contribution in [3.05, 3.63) is 34.4 Å². The van der Waals surface area contributed by atoms with Crippen LogP contribution in [0.2, 0.25) is 0 Å². The van der Waals surface area contributed by atoms with Crippen molar-refractivity contribution < 1.29 is 14.5 Å². The summed E-state index contributed by atoms with van der Waals surface area (Å²) in [7, 11) is 0. The first-order chi connectivity index (χ1) is 8.10. The van der Waals surface area contributed by atoms with Gasteiger partial charge in [0.1, 0.15) is 0 Å². The van der Waals surface area contributed by atoms with E-state index in [4.69, 9.17) is 4.74 Å². The van der Waals surface area contributed by atoms with Gasteiger partial charge in [-0.1, -0.05) is 0 Å². The number of amides is 1. The third-order valence-electron chi connectivity index (χ3n) is 2.18. The van der Waals surface area contributed by atoms with Crippen molar-refractivity contribution in [3.8, 4) is 0 Å². The highest BCUT2D eigenvalue weighted by Crippen LogP contribution is 2.19. The van der Waals surface area contributed by atoms with Crippen molar-refractivity contribution in [3.63, 3.8) is 0 Å². The Balaban J connectivity index is 2.89. The number of carbonyl (C=O) groups excluding carboxylic acids is 1. The molecule has 6 nitrogen and oxygen atoms in total. The zero-order chi connectivity index (χ0) is 12.8. The normalized spacial score (nSPS) is 9.76. The van der Waals surface area contributed by atoms with Gasteiger partial charge in [0.15, 0.2) is 0 Å². The summed E-state index contributed by atoms with van der Waals surface area (Å²) < 4.78 is 4.88. The lowest BCUT2D eigenvalue weighted by Gasteiger charge is -2.19. The zero-order valence-corrected chi connectivity index (χ0v) is 9.75. The molecule has 6 heteroatoms. The number of hydrogen-bond donors (Lipinski definition) is 0. The van der Waals surface area contributed by atoms with Crippen molar-refractivity contribution in [2.24, 2.45) is 0 Å². The van der Waals surface area contributed by atoms with Gasteiger partial charge in [-0.25, -0.2) is 4.79 Å². The van der Waals surface area contributed by atoms with Crippen LogP contribution in [0, 0.1) is 10.1 Å². The van der Waals surface area contributed by atoms with Crippen LogP contribution in [-0.2, 0) is 4.74 Å².